The van der Waals surface area contributed by atoms with E-state index in [4.69, 9.17) is 9.47 Å². The molecule has 0 saturated carbocycles. The topological polar surface area (TPSA) is 30.5 Å². The predicted molar refractivity (Wildman–Crippen MR) is 69.3 cm³/mol. The summed E-state index contributed by atoms with van der Waals surface area (Å²) in [6.45, 7) is 5.11. The maximum atomic E-state index is 5.37. The van der Waals surface area contributed by atoms with Crippen LogP contribution in [0.25, 0.3) is 0 Å². The van der Waals surface area contributed by atoms with Crippen molar-refractivity contribution in [3.63, 3.8) is 0 Å². The van der Waals surface area contributed by atoms with E-state index in [1.165, 1.54) is 0 Å². The summed E-state index contributed by atoms with van der Waals surface area (Å²) < 4.78 is 11.6. The molecule has 0 bridgehead atoms. The SMILES string of the molecule is CCNC(C)c1cc(OC)c(Br)cc1OC. The molecule has 1 unspecified atom stereocenters. The van der Waals surface area contributed by atoms with Crippen LogP contribution in [-0.4, -0.2) is 20.8 Å². The van der Waals surface area contributed by atoms with Gasteiger partial charge in [0, 0.05) is 11.6 Å². The van der Waals surface area contributed by atoms with Crippen LogP contribution in [0.15, 0.2) is 16.6 Å². The number of hydrogen-bond donors (Lipinski definition) is 1. The molecule has 0 spiro atoms. The highest BCUT2D eigenvalue weighted by Gasteiger charge is 2.14. The minimum atomic E-state index is 0.238. The molecule has 16 heavy (non-hydrogen) atoms. The summed E-state index contributed by atoms with van der Waals surface area (Å²) in [4.78, 5) is 0. The average Bonchev–Trinajstić information content (AvgIpc) is 2.28. The average molecular weight is 288 g/mol. The summed E-state index contributed by atoms with van der Waals surface area (Å²) in [7, 11) is 3.34. The Bertz CT molecular complexity index is 355. The monoisotopic (exact) mass is 287 g/mol. The first-order valence-electron chi connectivity index (χ1n) is 5.28. The largest absolute Gasteiger partial charge is 0.496 e. The first-order chi connectivity index (χ1) is 7.63. The summed E-state index contributed by atoms with van der Waals surface area (Å²) in [5.74, 6) is 1.68. The van der Waals surface area contributed by atoms with E-state index < -0.39 is 0 Å². The Kier molecular flexibility index (Phi) is 5.09. The maximum absolute atomic E-state index is 5.37. The molecule has 1 rings (SSSR count). The predicted octanol–water partition coefficient (Wildman–Crippen LogP) is 3.14. The molecule has 0 aliphatic heterocycles. The van der Waals surface area contributed by atoms with Gasteiger partial charge in [-0.15, -0.1) is 0 Å². The van der Waals surface area contributed by atoms with Gasteiger partial charge in [0.15, 0.2) is 0 Å². The van der Waals surface area contributed by atoms with Crippen LogP contribution in [0.1, 0.15) is 25.5 Å². The van der Waals surface area contributed by atoms with Crippen LogP contribution >= 0.6 is 15.9 Å². The second kappa shape index (κ2) is 6.11. The molecule has 4 heteroatoms. The van der Waals surface area contributed by atoms with Crippen LogP contribution in [0.3, 0.4) is 0 Å². The smallest absolute Gasteiger partial charge is 0.133 e. The third kappa shape index (κ3) is 2.89. The van der Waals surface area contributed by atoms with Gasteiger partial charge in [0.1, 0.15) is 11.5 Å². The summed E-state index contributed by atoms with van der Waals surface area (Å²) in [5.41, 5.74) is 1.10. The van der Waals surface area contributed by atoms with Crippen molar-refractivity contribution in [1.29, 1.82) is 0 Å². The lowest BCUT2D eigenvalue weighted by atomic mass is 10.1. The number of hydrogen-bond acceptors (Lipinski definition) is 3. The molecule has 0 fully saturated rings. The van der Waals surface area contributed by atoms with Gasteiger partial charge in [0.25, 0.3) is 0 Å². The molecule has 0 saturated heterocycles. The molecule has 1 aromatic carbocycles. The fourth-order valence-corrected chi connectivity index (χ4v) is 2.12. The van der Waals surface area contributed by atoms with Gasteiger partial charge in [0.05, 0.1) is 18.7 Å². The summed E-state index contributed by atoms with van der Waals surface area (Å²) in [5, 5.41) is 3.36. The van der Waals surface area contributed by atoms with Gasteiger partial charge in [-0.05, 0) is 41.5 Å². The number of benzene rings is 1. The summed E-state index contributed by atoms with van der Waals surface area (Å²) >= 11 is 3.44. The van der Waals surface area contributed by atoms with Gasteiger partial charge in [-0.1, -0.05) is 6.92 Å². The van der Waals surface area contributed by atoms with Gasteiger partial charge in [-0.25, -0.2) is 0 Å². The van der Waals surface area contributed by atoms with E-state index in [2.05, 4.69) is 35.1 Å². The van der Waals surface area contributed by atoms with Gasteiger partial charge >= 0.3 is 0 Å². The van der Waals surface area contributed by atoms with Crippen LogP contribution in [0.4, 0.5) is 0 Å². The van der Waals surface area contributed by atoms with Crippen LogP contribution in [0.2, 0.25) is 0 Å². The standard InChI is InChI=1S/C12H18BrNO2/c1-5-14-8(2)9-6-12(16-4)10(13)7-11(9)15-3/h6-8,14H,5H2,1-4H3. The van der Waals surface area contributed by atoms with Crippen molar-refractivity contribution in [2.24, 2.45) is 0 Å². The molecule has 90 valence electrons. The molecular weight excluding hydrogens is 270 g/mol. The van der Waals surface area contributed by atoms with E-state index in [-0.39, 0.29) is 6.04 Å². The Morgan fingerprint density at radius 1 is 1.25 bits per heavy atom. The lowest BCUT2D eigenvalue weighted by Gasteiger charge is -2.18. The van der Waals surface area contributed by atoms with Crippen molar-refractivity contribution in [3.8, 4) is 11.5 Å². The molecule has 1 N–H and O–H groups in total. The van der Waals surface area contributed by atoms with Crippen molar-refractivity contribution < 1.29 is 9.47 Å². The Balaban J connectivity index is 3.13. The molecule has 0 amide bonds. The van der Waals surface area contributed by atoms with Crippen molar-refractivity contribution in [2.45, 2.75) is 19.9 Å². The number of ether oxygens (including phenoxy) is 2. The molecule has 1 atom stereocenters. The molecular formula is C12H18BrNO2. The zero-order chi connectivity index (χ0) is 12.1. The van der Waals surface area contributed by atoms with Crippen LogP contribution in [-0.2, 0) is 0 Å². The Hall–Kier alpha value is -0.740. The number of halogens is 1. The van der Waals surface area contributed by atoms with Crippen LogP contribution in [0.5, 0.6) is 11.5 Å². The minimum absolute atomic E-state index is 0.238. The van der Waals surface area contributed by atoms with E-state index in [0.29, 0.717) is 0 Å². The molecule has 0 aliphatic rings. The Labute approximate surface area is 105 Å². The number of rotatable bonds is 5. The van der Waals surface area contributed by atoms with Crippen molar-refractivity contribution in [1.82, 2.24) is 5.32 Å². The normalized spacial score (nSPS) is 12.3. The Morgan fingerprint density at radius 2 is 1.88 bits per heavy atom. The third-order valence-corrected chi connectivity index (χ3v) is 3.10. The highest BCUT2D eigenvalue weighted by atomic mass is 79.9. The second-order valence-corrected chi connectivity index (χ2v) is 4.36. The molecule has 3 nitrogen and oxygen atoms in total. The van der Waals surface area contributed by atoms with Gasteiger partial charge < -0.3 is 14.8 Å². The fourth-order valence-electron chi connectivity index (χ4n) is 1.64. The minimum Gasteiger partial charge on any atom is -0.496 e. The first-order valence-corrected chi connectivity index (χ1v) is 6.08. The van der Waals surface area contributed by atoms with E-state index in [9.17, 15) is 0 Å². The van der Waals surface area contributed by atoms with Crippen molar-refractivity contribution in [3.05, 3.63) is 22.2 Å². The highest BCUT2D eigenvalue weighted by Crippen LogP contribution is 2.35. The third-order valence-electron chi connectivity index (χ3n) is 2.48. The molecule has 1 aromatic rings. The number of nitrogens with one attached hydrogen (secondary N) is 1. The molecule has 0 aromatic heterocycles. The van der Waals surface area contributed by atoms with Crippen LogP contribution in [0, 0.1) is 0 Å². The van der Waals surface area contributed by atoms with Gasteiger partial charge in [-0.3, -0.25) is 0 Å². The summed E-state index contributed by atoms with van der Waals surface area (Å²) in [6, 6.07) is 4.17. The molecule has 0 aliphatic carbocycles. The fraction of sp³-hybridized carbons (Fsp3) is 0.500. The van der Waals surface area contributed by atoms with Gasteiger partial charge in [-0.2, -0.15) is 0 Å². The summed E-state index contributed by atoms with van der Waals surface area (Å²) in [6.07, 6.45) is 0. The van der Waals surface area contributed by atoms with E-state index >= 15 is 0 Å². The zero-order valence-electron chi connectivity index (χ0n) is 10.1. The second-order valence-electron chi connectivity index (χ2n) is 3.51. The quantitative estimate of drug-likeness (QED) is 0.903. The molecule has 0 heterocycles. The van der Waals surface area contributed by atoms with E-state index in [1.54, 1.807) is 14.2 Å². The number of methoxy groups -OCH3 is 2. The maximum Gasteiger partial charge on any atom is 0.133 e. The zero-order valence-corrected chi connectivity index (χ0v) is 11.7. The van der Waals surface area contributed by atoms with Crippen molar-refractivity contribution >= 4 is 15.9 Å². The highest BCUT2D eigenvalue weighted by molar-refractivity contribution is 9.10. The van der Waals surface area contributed by atoms with E-state index in [0.717, 1.165) is 28.1 Å². The first kappa shape index (κ1) is 13.3. The van der Waals surface area contributed by atoms with Gasteiger partial charge in [0.2, 0.25) is 0 Å². The lowest BCUT2D eigenvalue weighted by molar-refractivity contribution is 0.390. The Morgan fingerprint density at radius 3 is 2.38 bits per heavy atom. The van der Waals surface area contributed by atoms with E-state index in [1.807, 2.05) is 12.1 Å². The molecule has 0 radical (unpaired) electrons. The van der Waals surface area contributed by atoms with Crippen LogP contribution < -0.4 is 14.8 Å². The van der Waals surface area contributed by atoms with Crippen molar-refractivity contribution in [2.75, 3.05) is 20.8 Å². The lowest BCUT2D eigenvalue weighted by Crippen LogP contribution is -2.18.